The lowest BCUT2D eigenvalue weighted by Gasteiger charge is -2.21. The van der Waals surface area contributed by atoms with Gasteiger partial charge in [-0.05, 0) is 39.3 Å². The molecule has 0 aliphatic carbocycles. The van der Waals surface area contributed by atoms with Crippen LogP contribution in [0, 0.1) is 6.92 Å². The summed E-state index contributed by atoms with van der Waals surface area (Å²) in [5.41, 5.74) is 7.92. The molecule has 0 aliphatic rings. The molecule has 0 spiro atoms. The third kappa shape index (κ3) is 3.34. The number of nitrogens with zero attached hydrogens (tertiary/aromatic N) is 1. The van der Waals surface area contributed by atoms with Crippen molar-refractivity contribution in [3.63, 3.8) is 0 Å². The van der Waals surface area contributed by atoms with E-state index >= 15 is 0 Å². The fraction of sp³-hybridized carbons (Fsp3) is 0.545. The molecule has 0 saturated carbocycles. The first kappa shape index (κ1) is 11.0. The van der Waals surface area contributed by atoms with Crippen molar-refractivity contribution in [3.8, 4) is 0 Å². The summed E-state index contributed by atoms with van der Waals surface area (Å²) in [4.78, 5) is 4.21. The first-order chi connectivity index (χ1) is 6.38. The molecule has 0 saturated heterocycles. The van der Waals surface area contributed by atoms with E-state index in [0.29, 0.717) is 5.82 Å². The molecule has 14 heavy (non-hydrogen) atoms. The minimum Gasteiger partial charge on any atom is -0.384 e. The van der Waals surface area contributed by atoms with Crippen molar-refractivity contribution in [1.29, 1.82) is 0 Å². The van der Waals surface area contributed by atoms with E-state index in [1.165, 1.54) is 5.56 Å². The molecule has 1 rings (SSSR count). The topological polar surface area (TPSA) is 50.9 Å². The van der Waals surface area contributed by atoms with Gasteiger partial charge in [0, 0.05) is 17.8 Å². The summed E-state index contributed by atoms with van der Waals surface area (Å²) in [5, 5.41) is 3.42. The number of anilines is 1. The van der Waals surface area contributed by atoms with Crippen molar-refractivity contribution in [2.75, 3.05) is 5.73 Å². The van der Waals surface area contributed by atoms with Gasteiger partial charge < -0.3 is 11.1 Å². The van der Waals surface area contributed by atoms with Crippen molar-refractivity contribution in [2.45, 2.75) is 39.8 Å². The average molecular weight is 193 g/mol. The molecule has 0 unspecified atom stereocenters. The molecular formula is C11H19N3. The van der Waals surface area contributed by atoms with Gasteiger partial charge in [-0.3, -0.25) is 0 Å². The predicted octanol–water partition coefficient (Wildman–Crippen LogP) is 1.86. The molecule has 3 nitrogen and oxygen atoms in total. The number of rotatable bonds is 2. The van der Waals surface area contributed by atoms with E-state index in [1.807, 2.05) is 19.1 Å². The summed E-state index contributed by atoms with van der Waals surface area (Å²) in [6.45, 7) is 9.26. The molecule has 0 atom stereocenters. The van der Waals surface area contributed by atoms with Gasteiger partial charge >= 0.3 is 0 Å². The predicted molar refractivity (Wildman–Crippen MR) is 60.0 cm³/mol. The van der Waals surface area contributed by atoms with Crippen LogP contribution in [0.25, 0.3) is 0 Å². The van der Waals surface area contributed by atoms with Gasteiger partial charge in [-0.15, -0.1) is 0 Å². The van der Waals surface area contributed by atoms with Gasteiger partial charge in [0.1, 0.15) is 5.82 Å². The van der Waals surface area contributed by atoms with Crippen LogP contribution in [-0.4, -0.2) is 10.5 Å². The molecule has 1 aromatic rings. The molecule has 0 bridgehead atoms. The van der Waals surface area contributed by atoms with E-state index < -0.39 is 0 Å². The molecule has 0 amide bonds. The highest BCUT2D eigenvalue weighted by atomic mass is 14.9. The number of hydrogen-bond donors (Lipinski definition) is 2. The van der Waals surface area contributed by atoms with Crippen molar-refractivity contribution in [2.24, 2.45) is 0 Å². The van der Waals surface area contributed by atoms with Gasteiger partial charge in [0.25, 0.3) is 0 Å². The standard InChI is InChI=1S/C11H19N3/c1-8-9(5-6-10(12)14-8)7-13-11(2,3)4/h5-6,13H,7H2,1-4H3,(H2,12,14). The number of pyridine rings is 1. The summed E-state index contributed by atoms with van der Waals surface area (Å²) in [7, 11) is 0. The Morgan fingerprint density at radius 2 is 2.00 bits per heavy atom. The average Bonchev–Trinajstić information content (AvgIpc) is 2.00. The maximum atomic E-state index is 5.58. The Morgan fingerprint density at radius 1 is 1.36 bits per heavy atom. The highest BCUT2D eigenvalue weighted by molar-refractivity contribution is 5.33. The zero-order valence-electron chi connectivity index (χ0n) is 9.39. The summed E-state index contributed by atoms with van der Waals surface area (Å²) in [5.74, 6) is 0.585. The number of nitrogens with two attached hydrogens (primary N) is 1. The van der Waals surface area contributed by atoms with Crippen molar-refractivity contribution in [1.82, 2.24) is 10.3 Å². The number of nitrogen functional groups attached to an aromatic ring is 1. The minimum absolute atomic E-state index is 0.133. The summed E-state index contributed by atoms with van der Waals surface area (Å²) < 4.78 is 0. The quantitative estimate of drug-likeness (QED) is 0.753. The molecule has 1 aromatic heterocycles. The lowest BCUT2D eigenvalue weighted by Crippen LogP contribution is -2.35. The van der Waals surface area contributed by atoms with Crippen LogP contribution in [0.4, 0.5) is 5.82 Å². The van der Waals surface area contributed by atoms with E-state index in [0.717, 1.165) is 12.2 Å². The van der Waals surface area contributed by atoms with Crippen LogP contribution in [0.15, 0.2) is 12.1 Å². The number of hydrogen-bond acceptors (Lipinski definition) is 3. The number of aryl methyl sites for hydroxylation is 1. The van der Waals surface area contributed by atoms with Gasteiger partial charge in [0.2, 0.25) is 0 Å². The Hall–Kier alpha value is -1.09. The number of nitrogens with one attached hydrogen (secondary N) is 1. The second-order valence-corrected chi connectivity index (χ2v) is 4.58. The normalized spacial score (nSPS) is 11.7. The number of aromatic nitrogens is 1. The lowest BCUT2D eigenvalue weighted by atomic mass is 10.1. The summed E-state index contributed by atoms with van der Waals surface area (Å²) >= 11 is 0. The Bertz CT molecular complexity index is 313. The largest absolute Gasteiger partial charge is 0.384 e. The highest BCUT2D eigenvalue weighted by Gasteiger charge is 2.09. The van der Waals surface area contributed by atoms with Crippen molar-refractivity contribution < 1.29 is 0 Å². The molecular weight excluding hydrogens is 174 g/mol. The van der Waals surface area contributed by atoms with Crippen LogP contribution in [0.3, 0.4) is 0 Å². The fourth-order valence-corrected chi connectivity index (χ4v) is 1.16. The van der Waals surface area contributed by atoms with Crippen LogP contribution in [0.1, 0.15) is 32.0 Å². The third-order valence-electron chi connectivity index (χ3n) is 2.03. The zero-order valence-corrected chi connectivity index (χ0v) is 9.39. The molecule has 3 N–H and O–H groups in total. The highest BCUT2D eigenvalue weighted by Crippen LogP contribution is 2.09. The molecule has 3 heteroatoms. The lowest BCUT2D eigenvalue weighted by molar-refractivity contribution is 0.423. The Balaban J connectivity index is 2.68. The van der Waals surface area contributed by atoms with Gasteiger partial charge in [0.05, 0.1) is 0 Å². The Morgan fingerprint density at radius 3 is 2.50 bits per heavy atom. The molecule has 1 heterocycles. The van der Waals surface area contributed by atoms with Crippen LogP contribution in [-0.2, 0) is 6.54 Å². The maximum Gasteiger partial charge on any atom is 0.123 e. The van der Waals surface area contributed by atoms with Gasteiger partial charge in [-0.2, -0.15) is 0 Å². The van der Waals surface area contributed by atoms with Gasteiger partial charge in [-0.1, -0.05) is 6.07 Å². The van der Waals surface area contributed by atoms with Crippen LogP contribution < -0.4 is 11.1 Å². The second kappa shape index (κ2) is 3.96. The monoisotopic (exact) mass is 193 g/mol. The third-order valence-corrected chi connectivity index (χ3v) is 2.03. The first-order valence-electron chi connectivity index (χ1n) is 4.85. The zero-order chi connectivity index (χ0) is 10.8. The van der Waals surface area contributed by atoms with E-state index in [1.54, 1.807) is 0 Å². The molecule has 0 aromatic carbocycles. The van der Waals surface area contributed by atoms with E-state index in [2.05, 4.69) is 31.1 Å². The summed E-state index contributed by atoms with van der Waals surface area (Å²) in [6, 6.07) is 3.86. The molecule has 0 radical (unpaired) electrons. The van der Waals surface area contributed by atoms with E-state index in [4.69, 9.17) is 5.73 Å². The van der Waals surface area contributed by atoms with Crippen molar-refractivity contribution in [3.05, 3.63) is 23.4 Å². The first-order valence-corrected chi connectivity index (χ1v) is 4.85. The van der Waals surface area contributed by atoms with Crippen LogP contribution >= 0.6 is 0 Å². The van der Waals surface area contributed by atoms with Crippen LogP contribution in [0.5, 0.6) is 0 Å². The van der Waals surface area contributed by atoms with E-state index in [-0.39, 0.29) is 5.54 Å². The second-order valence-electron chi connectivity index (χ2n) is 4.58. The summed E-state index contributed by atoms with van der Waals surface area (Å²) in [6.07, 6.45) is 0. The van der Waals surface area contributed by atoms with E-state index in [9.17, 15) is 0 Å². The fourth-order valence-electron chi connectivity index (χ4n) is 1.16. The smallest absolute Gasteiger partial charge is 0.123 e. The molecule has 78 valence electrons. The Kier molecular flexibility index (Phi) is 3.11. The molecule has 0 aliphatic heterocycles. The van der Waals surface area contributed by atoms with Gasteiger partial charge in [0.15, 0.2) is 0 Å². The molecule has 0 fully saturated rings. The van der Waals surface area contributed by atoms with Crippen molar-refractivity contribution >= 4 is 5.82 Å². The SMILES string of the molecule is Cc1nc(N)ccc1CNC(C)(C)C. The van der Waals surface area contributed by atoms with Gasteiger partial charge in [-0.25, -0.2) is 4.98 Å². The Labute approximate surface area is 85.7 Å². The maximum absolute atomic E-state index is 5.58. The minimum atomic E-state index is 0.133. The van der Waals surface area contributed by atoms with Crippen LogP contribution in [0.2, 0.25) is 0 Å².